The Morgan fingerprint density at radius 1 is 1.29 bits per heavy atom. The lowest BCUT2D eigenvalue weighted by Gasteiger charge is -2.41. The van der Waals surface area contributed by atoms with E-state index in [2.05, 4.69) is 20.8 Å². The molecule has 2 unspecified atom stereocenters. The molecule has 82 valence electrons. The van der Waals surface area contributed by atoms with Crippen LogP contribution in [0.2, 0.25) is 0 Å². The van der Waals surface area contributed by atoms with Gasteiger partial charge in [-0.2, -0.15) is 0 Å². The van der Waals surface area contributed by atoms with Gasteiger partial charge in [-0.05, 0) is 55.3 Å². The van der Waals surface area contributed by atoms with Crippen molar-refractivity contribution in [2.45, 2.75) is 65.7 Å². The van der Waals surface area contributed by atoms with E-state index in [1.54, 1.807) is 0 Å². The summed E-state index contributed by atoms with van der Waals surface area (Å²) in [5.41, 5.74) is 0.741. The Kier molecular flexibility index (Phi) is 2.91. The van der Waals surface area contributed by atoms with Crippen LogP contribution in [0.1, 0.15) is 65.7 Å². The van der Waals surface area contributed by atoms with Gasteiger partial charge in [-0.15, -0.1) is 0 Å². The topological polar surface area (TPSA) is 0 Å². The van der Waals surface area contributed by atoms with Crippen molar-refractivity contribution in [2.75, 3.05) is 0 Å². The van der Waals surface area contributed by atoms with Crippen LogP contribution in [0.4, 0.5) is 0 Å². The molecule has 0 heteroatoms. The molecular weight excluding hydrogens is 168 g/mol. The minimum absolute atomic E-state index is 0.741. The molecule has 0 nitrogen and oxygen atoms in total. The van der Waals surface area contributed by atoms with Gasteiger partial charge in [0.25, 0.3) is 0 Å². The molecule has 2 rings (SSSR count). The van der Waals surface area contributed by atoms with Crippen LogP contribution in [0, 0.1) is 23.2 Å². The predicted molar refractivity (Wildman–Crippen MR) is 62.2 cm³/mol. The summed E-state index contributed by atoms with van der Waals surface area (Å²) in [7, 11) is 0. The highest BCUT2D eigenvalue weighted by molar-refractivity contribution is 4.87. The SMILES string of the molecule is CC1CC[C@@H](C(C)CC2(C)CCC2)C1. The van der Waals surface area contributed by atoms with Crippen LogP contribution in [0.5, 0.6) is 0 Å². The molecule has 0 amide bonds. The number of hydrogen-bond acceptors (Lipinski definition) is 0. The van der Waals surface area contributed by atoms with E-state index < -0.39 is 0 Å². The van der Waals surface area contributed by atoms with Crippen molar-refractivity contribution >= 4 is 0 Å². The Morgan fingerprint density at radius 3 is 2.43 bits per heavy atom. The standard InChI is InChI=1S/C14H26/c1-11-5-6-13(9-11)12(2)10-14(3)7-4-8-14/h11-13H,4-10H2,1-3H3/t11?,12?,13-/m1/s1. The first-order valence-electron chi connectivity index (χ1n) is 6.59. The fourth-order valence-electron chi connectivity index (χ4n) is 3.70. The van der Waals surface area contributed by atoms with E-state index in [1.165, 1.54) is 44.9 Å². The van der Waals surface area contributed by atoms with Crippen molar-refractivity contribution in [3.8, 4) is 0 Å². The Hall–Kier alpha value is 0. The third-order valence-corrected chi connectivity index (χ3v) is 4.92. The van der Waals surface area contributed by atoms with Crippen LogP contribution in [0.25, 0.3) is 0 Å². The van der Waals surface area contributed by atoms with Crippen LogP contribution < -0.4 is 0 Å². The largest absolute Gasteiger partial charge is 0.0625 e. The Labute approximate surface area is 89.5 Å². The summed E-state index contributed by atoms with van der Waals surface area (Å²) in [5, 5.41) is 0. The molecule has 0 bridgehead atoms. The highest BCUT2D eigenvalue weighted by atomic mass is 14.4. The second kappa shape index (κ2) is 3.87. The fourth-order valence-corrected chi connectivity index (χ4v) is 3.70. The summed E-state index contributed by atoms with van der Waals surface area (Å²) in [6.45, 7) is 7.44. The van der Waals surface area contributed by atoms with Gasteiger partial charge < -0.3 is 0 Å². The lowest BCUT2D eigenvalue weighted by atomic mass is 9.64. The van der Waals surface area contributed by atoms with Gasteiger partial charge in [0.2, 0.25) is 0 Å². The second-order valence-electron chi connectivity index (χ2n) is 6.52. The van der Waals surface area contributed by atoms with Gasteiger partial charge >= 0.3 is 0 Å². The first-order valence-corrected chi connectivity index (χ1v) is 6.59. The third-order valence-electron chi connectivity index (χ3n) is 4.92. The van der Waals surface area contributed by atoms with E-state index in [-0.39, 0.29) is 0 Å². The molecule has 0 aromatic heterocycles. The van der Waals surface area contributed by atoms with Gasteiger partial charge in [0.15, 0.2) is 0 Å². The molecule has 0 aromatic carbocycles. The van der Waals surface area contributed by atoms with Crippen molar-refractivity contribution in [1.82, 2.24) is 0 Å². The lowest BCUT2D eigenvalue weighted by molar-refractivity contribution is 0.102. The van der Waals surface area contributed by atoms with Crippen molar-refractivity contribution in [2.24, 2.45) is 23.2 Å². The van der Waals surface area contributed by atoms with Crippen molar-refractivity contribution < 1.29 is 0 Å². The molecule has 0 aliphatic heterocycles. The van der Waals surface area contributed by atoms with Crippen LogP contribution >= 0.6 is 0 Å². The lowest BCUT2D eigenvalue weighted by Crippen LogP contribution is -2.29. The Balaban J connectivity index is 1.80. The van der Waals surface area contributed by atoms with E-state index >= 15 is 0 Å². The molecule has 2 aliphatic rings. The summed E-state index contributed by atoms with van der Waals surface area (Å²) < 4.78 is 0. The molecule has 3 atom stereocenters. The average Bonchev–Trinajstić information content (AvgIpc) is 2.49. The quantitative estimate of drug-likeness (QED) is 0.614. The maximum absolute atomic E-state index is 2.51. The van der Waals surface area contributed by atoms with Crippen LogP contribution in [-0.2, 0) is 0 Å². The minimum atomic E-state index is 0.741. The maximum atomic E-state index is 2.51. The van der Waals surface area contributed by atoms with Gasteiger partial charge in [-0.3, -0.25) is 0 Å². The first-order chi connectivity index (χ1) is 6.59. The van der Waals surface area contributed by atoms with Crippen molar-refractivity contribution in [3.05, 3.63) is 0 Å². The Bertz CT molecular complexity index is 190. The summed E-state index contributed by atoms with van der Waals surface area (Å²) in [4.78, 5) is 0. The van der Waals surface area contributed by atoms with Crippen molar-refractivity contribution in [1.29, 1.82) is 0 Å². The predicted octanol–water partition coefficient (Wildman–Crippen LogP) is 4.64. The molecule has 14 heavy (non-hydrogen) atoms. The molecule has 2 aliphatic carbocycles. The summed E-state index contributed by atoms with van der Waals surface area (Å²) in [5.74, 6) is 3.06. The highest BCUT2D eigenvalue weighted by Crippen LogP contribution is 2.48. The van der Waals surface area contributed by atoms with E-state index in [0.29, 0.717) is 0 Å². The van der Waals surface area contributed by atoms with Crippen LogP contribution in [-0.4, -0.2) is 0 Å². The van der Waals surface area contributed by atoms with E-state index in [1.807, 2.05) is 0 Å². The van der Waals surface area contributed by atoms with Crippen LogP contribution in [0.15, 0.2) is 0 Å². The highest BCUT2D eigenvalue weighted by Gasteiger charge is 2.36. The number of rotatable bonds is 3. The smallest absolute Gasteiger partial charge is 0.0323 e. The monoisotopic (exact) mass is 194 g/mol. The summed E-state index contributed by atoms with van der Waals surface area (Å²) in [6, 6.07) is 0. The van der Waals surface area contributed by atoms with Gasteiger partial charge in [0, 0.05) is 0 Å². The third kappa shape index (κ3) is 2.15. The zero-order valence-corrected chi connectivity index (χ0v) is 10.2. The van der Waals surface area contributed by atoms with Gasteiger partial charge in [0.05, 0.1) is 0 Å². The summed E-state index contributed by atoms with van der Waals surface area (Å²) in [6.07, 6.45) is 10.5. The summed E-state index contributed by atoms with van der Waals surface area (Å²) >= 11 is 0. The molecule has 0 spiro atoms. The molecule has 2 fully saturated rings. The minimum Gasteiger partial charge on any atom is -0.0625 e. The molecular formula is C14H26. The van der Waals surface area contributed by atoms with Crippen molar-refractivity contribution in [3.63, 3.8) is 0 Å². The van der Waals surface area contributed by atoms with E-state index in [9.17, 15) is 0 Å². The second-order valence-corrected chi connectivity index (χ2v) is 6.52. The van der Waals surface area contributed by atoms with Gasteiger partial charge in [-0.1, -0.05) is 33.6 Å². The van der Waals surface area contributed by atoms with Gasteiger partial charge in [0.1, 0.15) is 0 Å². The Morgan fingerprint density at radius 2 is 2.00 bits per heavy atom. The fraction of sp³-hybridized carbons (Fsp3) is 1.00. The van der Waals surface area contributed by atoms with Crippen LogP contribution in [0.3, 0.4) is 0 Å². The average molecular weight is 194 g/mol. The molecule has 2 saturated carbocycles. The molecule has 0 N–H and O–H groups in total. The maximum Gasteiger partial charge on any atom is -0.0323 e. The zero-order valence-electron chi connectivity index (χ0n) is 10.2. The van der Waals surface area contributed by atoms with E-state index in [4.69, 9.17) is 0 Å². The molecule has 0 radical (unpaired) electrons. The zero-order chi connectivity index (χ0) is 10.2. The molecule has 0 aromatic rings. The number of hydrogen-bond donors (Lipinski definition) is 0. The molecule has 0 saturated heterocycles. The van der Waals surface area contributed by atoms with Gasteiger partial charge in [-0.25, -0.2) is 0 Å². The molecule has 0 heterocycles. The normalized spacial score (nSPS) is 37.9. The van der Waals surface area contributed by atoms with E-state index in [0.717, 1.165) is 23.2 Å². The first kappa shape index (κ1) is 10.5.